The van der Waals surface area contributed by atoms with Crippen molar-refractivity contribution in [2.24, 2.45) is 12.2 Å². The maximum atomic E-state index is 10.9. The van der Waals surface area contributed by atoms with Crippen molar-refractivity contribution in [3.63, 3.8) is 0 Å². The van der Waals surface area contributed by atoms with E-state index in [0.717, 1.165) is 0 Å². The zero-order valence-corrected chi connectivity index (χ0v) is 7.76. The summed E-state index contributed by atoms with van der Waals surface area (Å²) in [5.74, 6) is 0. The van der Waals surface area contributed by atoms with Crippen LogP contribution < -0.4 is 15.4 Å². The van der Waals surface area contributed by atoms with Crippen LogP contribution in [0.1, 0.15) is 5.69 Å². The highest BCUT2D eigenvalue weighted by molar-refractivity contribution is 7.87. The molecule has 0 atom stereocenters. The van der Waals surface area contributed by atoms with Crippen LogP contribution >= 0.6 is 0 Å². The van der Waals surface area contributed by atoms with Crippen molar-refractivity contribution in [3.8, 4) is 0 Å². The summed E-state index contributed by atoms with van der Waals surface area (Å²) in [6.07, 6.45) is 0. The smallest absolute Gasteiger partial charge is 0.274 e. The van der Waals surface area contributed by atoms with Crippen LogP contribution in [0.3, 0.4) is 0 Å². The van der Waals surface area contributed by atoms with Gasteiger partial charge in [0.05, 0.1) is 12.2 Å². The molecule has 0 aliphatic carbocycles. The average Bonchev–Trinajstić information content (AvgIpc) is 2.27. The van der Waals surface area contributed by atoms with E-state index >= 15 is 0 Å². The first-order valence-corrected chi connectivity index (χ1v) is 4.95. The van der Waals surface area contributed by atoms with E-state index in [4.69, 9.17) is 5.14 Å². The quantitative estimate of drug-likeness (QED) is 0.532. The average molecular weight is 206 g/mol. The molecule has 0 unspecified atom stereocenters. The van der Waals surface area contributed by atoms with Crippen LogP contribution in [0.4, 0.5) is 0 Å². The summed E-state index contributed by atoms with van der Waals surface area (Å²) in [5.41, 5.74) is 0.229. The van der Waals surface area contributed by atoms with Crippen LogP contribution in [-0.4, -0.2) is 18.2 Å². The fraction of sp³-hybridized carbons (Fsp3) is 0.400. The number of rotatable bonds is 3. The number of nitrogens with two attached hydrogens (primary N) is 1. The highest BCUT2D eigenvalue weighted by Crippen LogP contribution is 1.88. The van der Waals surface area contributed by atoms with Gasteiger partial charge in [0.25, 0.3) is 15.8 Å². The summed E-state index contributed by atoms with van der Waals surface area (Å²) in [4.78, 5) is 10.9. The Morgan fingerprint density at radius 2 is 2.31 bits per heavy atom. The fourth-order valence-corrected chi connectivity index (χ4v) is 1.17. The second kappa shape index (κ2) is 3.32. The predicted molar refractivity (Wildman–Crippen MR) is 46.0 cm³/mol. The minimum absolute atomic E-state index is 0.0189. The van der Waals surface area contributed by atoms with E-state index in [1.165, 1.54) is 17.8 Å². The van der Waals surface area contributed by atoms with E-state index in [0.29, 0.717) is 5.69 Å². The number of aromatic amines is 1. The van der Waals surface area contributed by atoms with Gasteiger partial charge in [-0.05, 0) is 0 Å². The standard InChI is InChI=1S/C5H10N4O3S/c1-9-5(10)2-4(8-9)3-7-13(6,11)12/h2,7-8H,3H2,1H3,(H2,6,11,12). The molecule has 0 radical (unpaired) electrons. The van der Waals surface area contributed by atoms with Gasteiger partial charge in [-0.2, -0.15) is 13.1 Å². The van der Waals surface area contributed by atoms with Crippen LogP contribution in [0.15, 0.2) is 10.9 Å². The Hall–Kier alpha value is -1.12. The molecule has 0 saturated carbocycles. The van der Waals surface area contributed by atoms with Crippen LogP contribution in [0, 0.1) is 0 Å². The molecule has 13 heavy (non-hydrogen) atoms. The monoisotopic (exact) mass is 206 g/mol. The Balaban J connectivity index is 2.71. The molecule has 0 spiro atoms. The molecule has 0 amide bonds. The van der Waals surface area contributed by atoms with Gasteiger partial charge in [0, 0.05) is 13.1 Å². The van der Waals surface area contributed by atoms with E-state index in [-0.39, 0.29) is 12.1 Å². The molecular weight excluding hydrogens is 196 g/mol. The molecule has 1 rings (SSSR count). The maximum absolute atomic E-state index is 10.9. The van der Waals surface area contributed by atoms with E-state index in [9.17, 15) is 13.2 Å². The van der Waals surface area contributed by atoms with Gasteiger partial charge < -0.3 is 0 Å². The number of nitrogens with zero attached hydrogens (tertiary/aromatic N) is 1. The molecule has 1 heterocycles. The van der Waals surface area contributed by atoms with Crippen molar-refractivity contribution in [1.82, 2.24) is 14.5 Å². The molecular formula is C5H10N4O3S. The highest BCUT2D eigenvalue weighted by atomic mass is 32.2. The van der Waals surface area contributed by atoms with Crippen molar-refractivity contribution in [3.05, 3.63) is 22.1 Å². The normalized spacial score (nSPS) is 11.8. The summed E-state index contributed by atoms with van der Waals surface area (Å²) in [7, 11) is -2.18. The van der Waals surface area contributed by atoms with Gasteiger partial charge in [-0.1, -0.05) is 0 Å². The predicted octanol–water partition coefficient (Wildman–Crippen LogP) is -1.99. The molecule has 74 valence electrons. The first-order valence-electron chi connectivity index (χ1n) is 3.41. The largest absolute Gasteiger partial charge is 0.299 e. The number of hydrogen-bond donors (Lipinski definition) is 3. The Morgan fingerprint density at radius 1 is 1.69 bits per heavy atom. The summed E-state index contributed by atoms with van der Waals surface area (Å²) in [6, 6.07) is 1.29. The van der Waals surface area contributed by atoms with E-state index in [1.54, 1.807) is 0 Å². The van der Waals surface area contributed by atoms with Gasteiger partial charge in [0.2, 0.25) is 0 Å². The molecule has 0 saturated heterocycles. The highest BCUT2D eigenvalue weighted by Gasteiger charge is 2.03. The minimum Gasteiger partial charge on any atom is -0.299 e. The molecule has 0 aromatic carbocycles. The van der Waals surface area contributed by atoms with Gasteiger partial charge in [0.15, 0.2) is 0 Å². The third kappa shape index (κ3) is 3.01. The van der Waals surface area contributed by atoms with Crippen molar-refractivity contribution in [2.45, 2.75) is 6.54 Å². The molecule has 4 N–H and O–H groups in total. The van der Waals surface area contributed by atoms with Gasteiger partial charge in [-0.25, -0.2) is 5.14 Å². The lowest BCUT2D eigenvalue weighted by atomic mass is 10.4. The molecule has 8 heteroatoms. The number of H-pyrrole nitrogens is 1. The summed E-state index contributed by atoms with van der Waals surface area (Å²) in [6.45, 7) is -0.0189. The maximum Gasteiger partial charge on any atom is 0.274 e. The molecule has 0 fully saturated rings. The zero-order chi connectivity index (χ0) is 10.1. The lowest BCUT2D eigenvalue weighted by Gasteiger charge is -1.98. The molecule has 1 aromatic rings. The van der Waals surface area contributed by atoms with Gasteiger partial charge in [0.1, 0.15) is 0 Å². The molecule has 0 bridgehead atoms. The van der Waals surface area contributed by atoms with Gasteiger partial charge in [-0.15, -0.1) is 0 Å². The van der Waals surface area contributed by atoms with Crippen LogP contribution in [0.2, 0.25) is 0 Å². The Kier molecular flexibility index (Phi) is 2.55. The number of nitrogens with one attached hydrogen (secondary N) is 2. The fourth-order valence-electron chi connectivity index (χ4n) is 0.818. The molecule has 1 aromatic heterocycles. The third-order valence-corrected chi connectivity index (χ3v) is 1.95. The SMILES string of the molecule is Cn1[nH]c(CNS(N)(=O)=O)cc1=O. The first kappa shape index (κ1) is 9.96. The lowest BCUT2D eigenvalue weighted by molar-refractivity contribution is 0.581. The minimum atomic E-state index is -3.71. The van der Waals surface area contributed by atoms with Crippen molar-refractivity contribution >= 4 is 10.2 Å². The van der Waals surface area contributed by atoms with Gasteiger partial charge >= 0.3 is 0 Å². The van der Waals surface area contributed by atoms with Gasteiger partial charge in [-0.3, -0.25) is 14.6 Å². The summed E-state index contributed by atoms with van der Waals surface area (Å²) in [5, 5.41) is 7.33. The topological polar surface area (TPSA) is 110 Å². The number of aryl methyl sites for hydroxylation is 1. The number of aromatic nitrogens is 2. The Morgan fingerprint density at radius 3 is 2.69 bits per heavy atom. The second-order valence-electron chi connectivity index (χ2n) is 2.54. The third-order valence-electron chi connectivity index (χ3n) is 1.40. The number of hydrogen-bond acceptors (Lipinski definition) is 3. The zero-order valence-electron chi connectivity index (χ0n) is 6.94. The molecule has 0 aliphatic rings. The van der Waals surface area contributed by atoms with Crippen LogP contribution in [-0.2, 0) is 23.8 Å². The van der Waals surface area contributed by atoms with Crippen molar-refractivity contribution in [1.29, 1.82) is 0 Å². The Labute approximate surface area is 74.7 Å². The van der Waals surface area contributed by atoms with Crippen molar-refractivity contribution < 1.29 is 8.42 Å². The second-order valence-corrected chi connectivity index (χ2v) is 3.92. The van der Waals surface area contributed by atoms with E-state index in [1.807, 2.05) is 4.72 Å². The summed E-state index contributed by atoms with van der Waals surface area (Å²) >= 11 is 0. The summed E-state index contributed by atoms with van der Waals surface area (Å²) < 4.78 is 24.2. The molecule has 7 nitrogen and oxygen atoms in total. The van der Waals surface area contributed by atoms with Crippen LogP contribution in [0.25, 0.3) is 0 Å². The van der Waals surface area contributed by atoms with E-state index in [2.05, 4.69) is 5.10 Å². The Bertz CT molecular complexity index is 443. The molecule has 0 aliphatic heterocycles. The van der Waals surface area contributed by atoms with Crippen molar-refractivity contribution in [2.75, 3.05) is 0 Å². The first-order chi connectivity index (χ1) is 5.88. The van der Waals surface area contributed by atoms with E-state index < -0.39 is 10.2 Å². The van der Waals surface area contributed by atoms with Crippen LogP contribution in [0.5, 0.6) is 0 Å². The lowest BCUT2D eigenvalue weighted by Crippen LogP contribution is -2.30.